The van der Waals surface area contributed by atoms with Gasteiger partial charge in [-0.25, -0.2) is 0 Å². The molecular formula is C15H20N2O5. The third kappa shape index (κ3) is 5.90. The van der Waals surface area contributed by atoms with E-state index in [1.807, 2.05) is 0 Å². The van der Waals surface area contributed by atoms with Crippen molar-refractivity contribution in [3.05, 3.63) is 39.4 Å². The number of hydrogen-bond acceptors (Lipinski definition) is 4. The van der Waals surface area contributed by atoms with Crippen molar-refractivity contribution in [1.82, 2.24) is 5.32 Å². The summed E-state index contributed by atoms with van der Waals surface area (Å²) in [6.07, 6.45) is 3.27. The van der Waals surface area contributed by atoms with Crippen LogP contribution in [0.4, 0.5) is 5.69 Å². The van der Waals surface area contributed by atoms with Gasteiger partial charge in [0.25, 0.3) is 11.6 Å². The second kappa shape index (κ2) is 8.76. The van der Waals surface area contributed by atoms with Crippen molar-refractivity contribution >= 4 is 17.6 Å². The Morgan fingerprint density at radius 1 is 1.23 bits per heavy atom. The second-order valence-corrected chi connectivity index (χ2v) is 5.07. The zero-order chi connectivity index (χ0) is 16.5. The quantitative estimate of drug-likeness (QED) is 0.414. The summed E-state index contributed by atoms with van der Waals surface area (Å²) in [6.45, 7) is 2.10. The van der Waals surface area contributed by atoms with Gasteiger partial charge in [-0.05, 0) is 31.9 Å². The fourth-order valence-corrected chi connectivity index (χ4v) is 2.06. The molecular weight excluding hydrogens is 288 g/mol. The number of rotatable bonds is 9. The SMILES string of the molecule is Cc1cc(C(=O)NCCCCCCC(=O)O)ccc1[N+](=O)[O-]. The molecule has 22 heavy (non-hydrogen) atoms. The molecule has 0 spiro atoms. The Bertz CT molecular complexity index is 557. The van der Waals surface area contributed by atoms with Crippen molar-refractivity contribution in [2.75, 3.05) is 6.54 Å². The van der Waals surface area contributed by atoms with E-state index in [-0.39, 0.29) is 18.0 Å². The van der Waals surface area contributed by atoms with Gasteiger partial charge in [-0.2, -0.15) is 0 Å². The monoisotopic (exact) mass is 308 g/mol. The zero-order valence-corrected chi connectivity index (χ0v) is 12.5. The Balaban J connectivity index is 2.32. The number of amides is 1. The van der Waals surface area contributed by atoms with E-state index in [4.69, 9.17) is 5.11 Å². The van der Waals surface area contributed by atoms with Gasteiger partial charge in [-0.1, -0.05) is 12.8 Å². The molecule has 0 unspecified atom stereocenters. The number of nitrogens with zero attached hydrogens (tertiary/aromatic N) is 1. The normalized spacial score (nSPS) is 10.2. The van der Waals surface area contributed by atoms with E-state index >= 15 is 0 Å². The van der Waals surface area contributed by atoms with Gasteiger partial charge in [0.05, 0.1) is 4.92 Å². The number of nitro benzene ring substituents is 1. The lowest BCUT2D eigenvalue weighted by atomic mass is 10.1. The molecule has 0 saturated heterocycles. The molecule has 0 heterocycles. The summed E-state index contributed by atoms with van der Waals surface area (Å²) in [4.78, 5) is 32.5. The fourth-order valence-electron chi connectivity index (χ4n) is 2.06. The lowest BCUT2D eigenvalue weighted by molar-refractivity contribution is -0.385. The highest BCUT2D eigenvalue weighted by atomic mass is 16.6. The minimum atomic E-state index is -0.790. The zero-order valence-electron chi connectivity index (χ0n) is 12.5. The number of aryl methyl sites for hydroxylation is 1. The number of benzene rings is 1. The summed E-state index contributed by atoms with van der Waals surface area (Å²) < 4.78 is 0. The largest absolute Gasteiger partial charge is 0.481 e. The van der Waals surface area contributed by atoms with Gasteiger partial charge in [-0.15, -0.1) is 0 Å². The molecule has 1 aromatic carbocycles. The van der Waals surface area contributed by atoms with Crippen LogP contribution in [0, 0.1) is 17.0 Å². The maximum absolute atomic E-state index is 11.9. The maximum atomic E-state index is 11.9. The van der Waals surface area contributed by atoms with Gasteiger partial charge in [-0.3, -0.25) is 19.7 Å². The molecule has 0 saturated carbocycles. The number of aliphatic carboxylic acids is 1. The highest BCUT2D eigenvalue weighted by Gasteiger charge is 2.13. The first-order valence-corrected chi connectivity index (χ1v) is 7.17. The van der Waals surface area contributed by atoms with Gasteiger partial charge in [0.15, 0.2) is 0 Å². The van der Waals surface area contributed by atoms with E-state index < -0.39 is 10.9 Å². The molecule has 7 nitrogen and oxygen atoms in total. The van der Waals surface area contributed by atoms with E-state index in [1.165, 1.54) is 18.2 Å². The molecule has 0 aliphatic carbocycles. The molecule has 0 atom stereocenters. The first kappa shape index (κ1) is 17.6. The van der Waals surface area contributed by atoms with E-state index in [0.717, 1.165) is 19.3 Å². The molecule has 0 aromatic heterocycles. The van der Waals surface area contributed by atoms with Gasteiger partial charge in [0, 0.05) is 30.2 Å². The molecule has 1 aromatic rings. The minimum absolute atomic E-state index is 0.00465. The van der Waals surface area contributed by atoms with Crippen LogP contribution < -0.4 is 5.32 Å². The molecule has 0 fully saturated rings. The standard InChI is InChI=1S/C15H20N2O5/c1-11-10-12(7-8-13(11)17(21)22)15(20)16-9-5-3-2-4-6-14(18)19/h7-8,10H,2-6,9H2,1H3,(H,16,20)(H,18,19). The van der Waals surface area contributed by atoms with E-state index in [2.05, 4.69) is 5.32 Å². The number of carbonyl (C=O) groups is 2. The highest BCUT2D eigenvalue weighted by molar-refractivity contribution is 5.94. The molecule has 0 radical (unpaired) electrons. The van der Waals surface area contributed by atoms with Crippen molar-refractivity contribution in [3.8, 4) is 0 Å². The van der Waals surface area contributed by atoms with Crippen molar-refractivity contribution in [2.24, 2.45) is 0 Å². The average molecular weight is 308 g/mol. The van der Waals surface area contributed by atoms with Crippen LogP contribution in [-0.4, -0.2) is 28.5 Å². The fraction of sp³-hybridized carbons (Fsp3) is 0.467. The summed E-state index contributed by atoms with van der Waals surface area (Å²) in [6, 6.07) is 4.27. The Labute approximate surface area is 128 Å². The van der Waals surface area contributed by atoms with Crippen LogP contribution in [0.15, 0.2) is 18.2 Å². The Hall–Kier alpha value is -2.44. The molecule has 1 amide bonds. The van der Waals surface area contributed by atoms with Crippen LogP contribution in [0.3, 0.4) is 0 Å². The molecule has 7 heteroatoms. The van der Waals surface area contributed by atoms with Crippen molar-refractivity contribution in [2.45, 2.75) is 39.0 Å². The Morgan fingerprint density at radius 2 is 1.91 bits per heavy atom. The van der Waals surface area contributed by atoms with Crippen LogP contribution in [0.2, 0.25) is 0 Å². The molecule has 0 bridgehead atoms. The number of carboxylic acids is 1. The van der Waals surface area contributed by atoms with Crippen LogP contribution in [0.25, 0.3) is 0 Å². The van der Waals surface area contributed by atoms with E-state index in [1.54, 1.807) is 6.92 Å². The molecule has 120 valence electrons. The Kier molecular flexibility index (Phi) is 7.01. The van der Waals surface area contributed by atoms with Crippen molar-refractivity contribution in [1.29, 1.82) is 0 Å². The number of nitro groups is 1. The number of hydrogen-bond donors (Lipinski definition) is 2. The summed E-state index contributed by atoms with van der Waals surface area (Å²) in [7, 11) is 0. The van der Waals surface area contributed by atoms with E-state index in [0.29, 0.717) is 24.1 Å². The number of carbonyl (C=O) groups excluding carboxylic acids is 1. The third-order valence-corrected chi connectivity index (χ3v) is 3.26. The van der Waals surface area contributed by atoms with Crippen molar-refractivity contribution < 1.29 is 19.6 Å². The molecule has 0 aliphatic heterocycles. The van der Waals surface area contributed by atoms with Gasteiger partial charge in [0.2, 0.25) is 0 Å². The first-order chi connectivity index (χ1) is 10.4. The Morgan fingerprint density at radius 3 is 2.50 bits per heavy atom. The molecule has 2 N–H and O–H groups in total. The number of unbranched alkanes of at least 4 members (excludes halogenated alkanes) is 3. The summed E-state index contributed by atoms with van der Waals surface area (Å²) in [5, 5.41) is 22.0. The third-order valence-electron chi connectivity index (χ3n) is 3.26. The van der Waals surface area contributed by atoms with Crippen LogP contribution in [0.5, 0.6) is 0 Å². The predicted molar refractivity (Wildman–Crippen MR) is 80.9 cm³/mol. The smallest absolute Gasteiger partial charge is 0.303 e. The maximum Gasteiger partial charge on any atom is 0.303 e. The topological polar surface area (TPSA) is 110 Å². The van der Waals surface area contributed by atoms with Gasteiger partial charge < -0.3 is 10.4 Å². The molecule has 1 rings (SSSR count). The summed E-state index contributed by atoms with van der Waals surface area (Å²) >= 11 is 0. The van der Waals surface area contributed by atoms with Crippen LogP contribution >= 0.6 is 0 Å². The van der Waals surface area contributed by atoms with E-state index in [9.17, 15) is 19.7 Å². The van der Waals surface area contributed by atoms with Crippen LogP contribution in [0.1, 0.15) is 48.0 Å². The lowest BCUT2D eigenvalue weighted by Crippen LogP contribution is -2.24. The number of nitrogens with one attached hydrogen (secondary N) is 1. The average Bonchev–Trinajstić information content (AvgIpc) is 2.45. The van der Waals surface area contributed by atoms with Crippen molar-refractivity contribution in [3.63, 3.8) is 0 Å². The summed E-state index contributed by atoms with van der Waals surface area (Å²) in [5.74, 6) is -1.05. The van der Waals surface area contributed by atoms with Crippen LogP contribution in [-0.2, 0) is 4.79 Å². The lowest BCUT2D eigenvalue weighted by Gasteiger charge is -2.06. The first-order valence-electron chi connectivity index (χ1n) is 7.17. The number of carboxylic acid groups (broad SMARTS) is 1. The molecule has 0 aliphatic rings. The highest BCUT2D eigenvalue weighted by Crippen LogP contribution is 2.18. The second-order valence-electron chi connectivity index (χ2n) is 5.07. The minimum Gasteiger partial charge on any atom is -0.481 e. The summed E-state index contributed by atoms with van der Waals surface area (Å²) in [5.41, 5.74) is 0.843. The van der Waals surface area contributed by atoms with Gasteiger partial charge in [0.1, 0.15) is 0 Å². The predicted octanol–water partition coefficient (Wildman–Crippen LogP) is 2.67. The van der Waals surface area contributed by atoms with Gasteiger partial charge >= 0.3 is 5.97 Å².